The van der Waals surface area contributed by atoms with Gasteiger partial charge in [0, 0.05) is 0 Å². The molecule has 3 N–H and O–H groups in total. The van der Waals surface area contributed by atoms with Crippen molar-refractivity contribution in [2.24, 2.45) is 0 Å². The fraction of sp³-hybridized carbons (Fsp3) is 0.562. The minimum absolute atomic E-state index is 0.0337. The molecule has 1 fully saturated rings. The molecular weight excluding hydrogens is 252 g/mol. The molecule has 1 aliphatic rings. The van der Waals surface area contributed by atoms with Crippen LogP contribution in [0.1, 0.15) is 43.9 Å². The minimum atomic E-state index is -0.503. The highest BCUT2D eigenvalue weighted by Gasteiger charge is 2.36. The standard InChI is InChI=1S/C16H24N2O2/c1-3-12-5-7-13(8-6-12)14(11-19)18-15(20)16(2)9-4-10-17-16/h5-8,14,17,19H,3-4,9-11H2,1-2H3,(H,18,20). The Hall–Kier alpha value is -1.39. The van der Waals surface area contributed by atoms with Crippen LogP contribution in [-0.2, 0) is 11.2 Å². The molecule has 1 heterocycles. The summed E-state index contributed by atoms with van der Waals surface area (Å²) in [5.41, 5.74) is 1.69. The van der Waals surface area contributed by atoms with Gasteiger partial charge in [-0.2, -0.15) is 0 Å². The molecule has 1 amide bonds. The molecule has 0 aromatic heterocycles. The Balaban J connectivity index is 2.06. The average molecular weight is 276 g/mol. The minimum Gasteiger partial charge on any atom is -0.394 e. The van der Waals surface area contributed by atoms with Crippen LogP contribution in [0.15, 0.2) is 24.3 Å². The van der Waals surface area contributed by atoms with Gasteiger partial charge in [-0.25, -0.2) is 0 Å². The molecule has 1 aromatic carbocycles. The third kappa shape index (κ3) is 3.19. The molecule has 0 bridgehead atoms. The first-order valence-corrected chi connectivity index (χ1v) is 7.35. The third-order valence-corrected chi connectivity index (χ3v) is 4.15. The second-order valence-electron chi connectivity index (χ2n) is 5.67. The second-order valence-corrected chi connectivity index (χ2v) is 5.67. The highest BCUT2D eigenvalue weighted by Crippen LogP contribution is 2.21. The number of hydrogen-bond acceptors (Lipinski definition) is 3. The SMILES string of the molecule is CCc1ccc(C(CO)NC(=O)C2(C)CCCN2)cc1. The molecule has 4 nitrogen and oxygen atoms in total. The number of amides is 1. The van der Waals surface area contributed by atoms with Crippen LogP contribution in [0.2, 0.25) is 0 Å². The van der Waals surface area contributed by atoms with Crippen molar-refractivity contribution in [1.29, 1.82) is 0 Å². The molecule has 0 spiro atoms. The van der Waals surface area contributed by atoms with Crippen LogP contribution in [0.3, 0.4) is 0 Å². The Morgan fingerprint density at radius 2 is 2.15 bits per heavy atom. The summed E-state index contributed by atoms with van der Waals surface area (Å²) in [6, 6.07) is 7.70. The van der Waals surface area contributed by atoms with Crippen LogP contribution in [-0.4, -0.2) is 29.7 Å². The number of aliphatic hydroxyl groups is 1. The van der Waals surface area contributed by atoms with Gasteiger partial charge in [-0.1, -0.05) is 31.2 Å². The summed E-state index contributed by atoms with van der Waals surface area (Å²) in [5, 5.41) is 15.7. The van der Waals surface area contributed by atoms with E-state index in [1.165, 1.54) is 5.56 Å². The Kier molecular flexibility index (Phi) is 4.78. The quantitative estimate of drug-likeness (QED) is 0.764. The largest absolute Gasteiger partial charge is 0.394 e. The summed E-state index contributed by atoms with van der Waals surface area (Å²) in [6.45, 7) is 4.81. The van der Waals surface area contributed by atoms with E-state index in [9.17, 15) is 9.90 Å². The summed E-state index contributed by atoms with van der Waals surface area (Å²) >= 11 is 0. The second kappa shape index (κ2) is 6.37. The Morgan fingerprint density at radius 1 is 1.45 bits per heavy atom. The normalized spacial score (nSPS) is 23.6. The van der Waals surface area contributed by atoms with Crippen molar-refractivity contribution in [1.82, 2.24) is 10.6 Å². The lowest BCUT2D eigenvalue weighted by atomic mass is 9.97. The van der Waals surface area contributed by atoms with Gasteiger partial charge < -0.3 is 15.7 Å². The van der Waals surface area contributed by atoms with E-state index < -0.39 is 5.54 Å². The number of nitrogens with one attached hydrogen (secondary N) is 2. The van der Waals surface area contributed by atoms with Crippen molar-refractivity contribution in [3.05, 3.63) is 35.4 Å². The maximum absolute atomic E-state index is 12.3. The molecule has 110 valence electrons. The van der Waals surface area contributed by atoms with Crippen LogP contribution >= 0.6 is 0 Å². The van der Waals surface area contributed by atoms with Gasteiger partial charge in [0.05, 0.1) is 18.2 Å². The predicted octanol–water partition coefficient (Wildman–Crippen LogP) is 1.54. The summed E-state index contributed by atoms with van der Waals surface area (Å²) in [7, 11) is 0. The van der Waals surface area contributed by atoms with E-state index >= 15 is 0 Å². The lowest BCUT2D eigenvalue weighted by Crippen LogP contribution is -2.52. The van der Waals surface area contributed by atoms with Gasteiger partial charge in [0.1, 0.15) is 0 Å². The maximum Gasteiger partial charge on any atom is 0.240 e. The molecule has 1 aromatic rings. The van der Waals surface area contributed by atoms with Crippen LogP contribution in [0.25, 0.3) is 0 Å². The van der Waals surface area contributed by atoms with Crippen molar-refractivity contribution < 1.29 is 9.90 Å². The Labute approximate surface area is 120 Å². The summed E-state index contributed by atoms with van der Waals surface area (Å²) in [5.74, 6) is -0.0337. The van der Waals surface area contributed by atoms with Crippen molar-refractivity contribution >= 4 is 5.91 Å². The van der Waals surface area contributed by atoms with Crippen LogP contribution in [0.5, 0.6) is 0 Å². The smallest absolute Gasteiger partial charge is 0.240 e. The first-order chi connectivity index (χ1) is 9.59. The van der Waals surface area contributed by atoms with Crippen LogP contribution < -0.4 is 10.6 Å². The monoisotopic (exact) mass is 276 g/mol. The van der Waals surface area contributed by atoms with Crippen LogP contribution in [0, 0.1) is 0 Å². The first-order valence-electron chi connectivity index (χ1n) is 7.35. The molecule has 2 atom stereocenters. The number of carbonyl (C=O) groups excluding carboxylic acids is 1. The van der Waals surface area contributed by atoms with E-state index in [2.05, 4.69) is 17.6 Å². The van der Waals surface area contributed by atoms with Gasteiger partial charge in [0.25, 0.3) is 0 Å². The van der Waals surface area contributed by atoms with Gasteiger partial charge in [-0.05, 0) is 43.9 Å². The van der Waals surface area contributed by atoms with Crippen molar-refractivity contribution in [2.45, 2.75) is 44.7 Å². The van der Waals surface area contributed by atoms with Crippen molar-refractivity contribution in [2.75, 3.05) is 13.2 Å². The molecule has 0 saturated carbocycles. The number of carbonyl (C=O) groups is 1. The summed E-state index contributed by atoms with van der Waals surface area (Å²) < 4.78 is 0. The van der Waals surface area contributed by atoms with E-state index in [0.29, 0.717) is 0 Å². The number of aliphatic hydroxyl groups excluding tert-OH is 1. The third-order valence-electron chi connectivity index (χ3n) is 4.15. The fourth-order valence-corrected chi connectivity index (χ4v) is 2.63. The van der Waals surface area contributed by atoms with Crippen LogP contribution in [0.4, 0.5) is 0 Å². The molecule has 1 saturated heterocycles. The molecular formula is C16H24N2O2. The van der Waals surface area contributed by atoms with E-state index in [-0.39, 0.29) is 18.6 Å². The number of benzene rings is 1. The molecule has 0 aliphatic carbocycles. The number of aryl methyl sites for hydroxylation is 1. The molecule has 0 radical (unpaired) electrons. The number of hydrogen-bond donors (Lipinski definition) is 3. The molecule has 4 heteroatoms. The zero-order valence-corrected chi connectivity index (χ0v) is 12.3. The van der Waals surface area contributed by atoms with E-state index in [1.807, 2.05) is 31.2 Å². The molecule has 2 unspecified atom stereocenters. The van der Waals surface area contributed by atoms with E-state index in [1.54, 1.807) is 0 Å². The van der Waals surface area contributed by atoms with Crippen molar-refractivity contribution in [3.63, 3.8) is 0 Å². The van der Waals surface area contributed by atoms with E-state index in [4.69, 9.17) is 0 Å². The predicted molar refractivity (Wildman–Crippen MR) is 79.4 cm³/mol. The highest BCUT2D eigenvalue weighted by atomic mass is 16.3. The van der Waals surface area contributed by atoms with Gasteiger partial charge >= 0.3 is 0 Å². The van der Waals surface area contributed by atoms with E-state index in [0.717, 1.165) is 31.4 Å². The topological polar surface area (TPSA) is 61.4 Å². The maximum atomic E-state index is 12.3. The Bertz CT molecular complexity index is 450. The zero-order chi connectivity index (χ0) is 14.6. The highest BCUT2D eigenvalue weighted by molar-refractivity contribution is 5.86. The zero-order valence-electron chi connectivity index (χ0n) is 12.3. The fourth-order valence-electron chi connectivity index (χ4n) is 2.63. The molecule has 2 rings (SSSR count). The lowest BCUT2D eigenvalue weighted by molar-refractivity contribution is -0.127. The van der Waals surface area contributed by atoms with Gasteiger partial charge in [-0.15, -0.1) is 0 Å². The average Bonchev–Trinajstić information content (AvgIpc) is 2.93. The van der Waals surface area contributed by atoms with Gasteiger partial charge in [0.15, 0.2) is 0 Å². The van der Waals surface area contributed by atoms with Gasteiger partial charge in [0.2, 0.25) is 5.91 Å². The Morgan fingerprint density at radius 3 is 2.65 bits per heavy atom. The first kappa shape index (κ1) is 15.0. The summed E-state index contributed by atoms with van der Waals surface area (Å²) in [6.07, 6.45) is 2.84. The van der Waals surface area contributed by atoms with Crippen molar-refractivity contribution in [3.8, 4) is 0 Å². The van der Waals surface area contributed by atoms with Gasteiger partial charge in [-0.3, -0.25) is 4.79 Å². The molecule has 20 heavy (non-hydrogen) atoms. The number of rotatable bonds is 5. The molecule has 1 aliphatic heterocycles. The summed E-state index contributed by atoms with van der Waals surface area (Å²) in [4.78, 5) is 12.3. The lowest BCUT2D eigenvalue weighted by Gasteiger charge is -2.26.